The summed E-state index contributed by atoms with van der Waals surface area (Å²) in [6.07, 6.45) is 3.77. The first-order chi connectivity index (χ1) is 8.90. The van der Waals surface area contributed by atoms with Crippen LogP contribution in [0.1, 0.15) is 35.5 Å². The molecule has 0 amide bonds. The minimum Gasteiger partial charge on any atom is -0.349 e. The number of nitrogens with zero attached hydrogens (tertiary/aromatic N) is 3. The predicted octanol–water partition coefficient (Wildman–Crippen LogP) is 3.07. The fourth-order valence-electron chi connectivity index (χ4n) is 2.05. The molecule has 0 saturated heterocycles. The summed E-state index contributed by atoms with van der Waals surface area (Å²) in [5, 5.41) is 4.92. The molecule has 0 aliphatic carbocycles. The summed E-state index contributed by atoms with van der Waals surface area (Å²) in [4.78, 5) is 11.9. The van der Waals surface area contributed by atoms with E-state index in [4.69, 9.17) is 11.6 Å². The van der Waals surface area contributed by atoms with Crippen molar-refractivity contribution in [1.29, 1.82) is 0 Å². The summed E-state index contributed by atoms with van der Waals surface area (Å²) in [6, 6.07) is 1.85. The summed E-state index contributed by atoms with van der Waals surface area (Å²) in [7, 11) is 1.82. The summed E-state index contributed by atoms with van der Waals surface area (Å²) in [6.45, 7) is 6.37. The molecular weight excluding hydrogens is 262 g/mol. The lowest BCUT2D eigenvalue weighted by molar-refractivity contribution is 0.0939. The number of aromatic nitrogens is 3. The molecule has 0 atom stereocenters. The van der Waals surface area contributed by atoms with E-state index in [0.717, 1.165) is 16.8 Å². The number of hydrogen-bond acceptors (Lipinski definition) is 2. The van der Waals surface area contributed by atoms with E-state index < -0.39 is 0 Å². The highest BCUT2D eigenvalue weighted by atomic mass is 35.5. The van der Waals surface area contributed by atoms with Crippen LogP contribution in [0.2, 0.25) is 5.15 Å². The molecule has 2 rings (SSSR count). The third-order valence-electron chi connectivity index (χ3n) is 3.17. The Morgan fingerprint density at radius 2 is 2.16 bits per heavy atom. The normalized spacial score (nSPS) is 11.3. The van der Waals surface area contributed by atoms with Crippen molar-refractivity contribution in [3.05, 3.63) is 40.4 Å². The zero-order valence-electron chi connectivity index (χ0n) is 11.6. The number of rotatable bonds is 4. The van der Waals surface area contributed by atoms with Crippen LogP contribution in [-0.4, -0.2) is 20.1 Å². The van der Waals surface area contributed by atoms with Crippen LogP contribution in [-0.2, 0) is 13.6 Å². The van der Waals surface area contributed by atoms with E-state index in [9.17, 15) is 4.79 Å². The fourth-order valence-corrected chi connectivity index (χ4v) is 2.29. The van der Waals surface area contributed by atoms with Crippen molar-refractivity contribution in [2.75, 3.05) is 0 Å². The highest BCUT2D eigenvalue weighted by Crippen LogP contribution is 2.20. The summed E-state index contributed by atoms with van der Waals surface area (Å²) >= 11 is 6.20. The Hall–Kier alpha value is -1.55. The second-order valence-electron chi connectivity index (χ2n) is 5.07. The Balaban J connectivity index is 2.23. The SMILES string of the molecule is Cc1nn(C)c(Cl)c1Cn1ccc(C(=O)C(C)C)c1. The molecule has 102 valence electrons. The number of Topliss-reactive ketones (excluding diaryl/α,β-unsaturated/α-hetero) is 1. The van der Waals surface area contributed by atoms with Crippen LogP contribution in [0, 0.1) is 12.8 Å². The van der Waals surface area contributed by atoms with E-state index in [1.165, 1.54) is 0 Å². The van der Waals surface area contributed by atoms with Crippen LogP contribution in [0.5, 0.6) is 0 Å². The van der Waals surface area contributed by atoms with Gasteiger partial charge in [0.25, 0.3) is 0 Å². The first kappa shape index (κ1) is 13.9. The third-order valence-corrected chi connectivity index (χ3v) is 3.64. The van der Waals surface area contributed by atoms with Gasteiger partial charge in [-0.3, -0.25) is 9.48 Å². The van der Waals surface area contributed by atoms with E-state index in [1.807, 2.05) is 50.8 Å². The smallest absolute Gasteiger partial charge is 0.166 e. The van der Waals surface area contributed by atoms with E-state index in [0.29, 0.717) is 11.7 Å². The van der Waals surface area contributed by atoms with Crippen LogP contribution in [0.15, 0.2) is 18.5 Å². The van der Waals surface area contributed by atoms with Crippen molar-refractivity contribution < 1.29 is 4.79 Å². The van der Waals surface area contributed by atoms with Gasteiger partial charge in [-0.15, -0.1) is 0 Å². The third kappa shape index (κ3) is 2.73. The lowest BCUT2D eigenvalue weighted by atomic mass is 10.0. The summed E-state index contributed by atoms with van der Waals surface area (Å²) < 4.78 is 3.63. The van der Waals surface area contributed by atoms with Crippen LogP contribution < -0.4 is 0 Å². The van der Waals surface area contributed by atoms with Crippen LogP contribution in [0.4, 0.5) is 0 Å². The zero-order valence-corrected chi connectivity index (χ0v) is 12.4. The molecule has 0 aliphatic rings. The topological polar surface area (TPSA) is 39.8 Å². The molecule has 0 spiro atoms. The molecule has 0 fully saturated rings. The summed E-state index contributed by atoms with van der Waals surface area (Å²) in [5.74, 6) is 0.173. The molecule has 4 nitrogen and oxygen atoms in total. The van der Waals surface area contributed by atoms with E-state index in [1.54, 1.807) is 4.68 Å². The van der Waals surface area contributed by atoms with Gasteiger partial charge in [0.2, 0.25) is 0 Å². The Bertz CT molecular complexity index is 610. The van der Waals surface area contributed by atoms with E-state index >= 15 is 0 Å². The average molecular weight is 280 g/mol. The molecule has 0 unspecified atom stereocenters. The number of hydrogen-bond donors (Lipinski definition) is 0. The van der Waals surface area contributed by atoms with Gasteiger partial charge in [0.15, 0.2) is 5.78 Å². The molecule has 0 saturated carbocycles. The Morgan fingerprint density at radius 3 is 2.68 bits per heavy atom. The molecule has 0 bridgehead atoms. The lowest BCUT2D eigenvalue weighted by Crippen LogP contribution is -2.06. The fraction of sp³-hybridized carbons (Fsp3) is 0.429. The Kier molecular flexibility index (Phi) is 3.80. The van der Waals surface area contributed by atoms with Gasteiger partial charge in [0, 0.05) is 36.5 Å². The summed E-state index contributed by atoms with van der Waals surface area (Å²) in [5.41, 5.74) is 2.65. The highest BCUT2D eigenvalue weighted by Gasteiger charge is 2.14. The van der Waals surface area contributed by atoms with Gasteiger partial charge in [0.1, 0.15) is 5.15 Å². The quantitative estimate of drug-likeness (QED) is 0.807. The molecule has 2 aromatic heterocycles. The van der Waals surface area contributed by atoms with Gasteiger partial charge in [-0.1, -0.05) is 25.4 Å². The largest absolute Gasteiger partial charge is 0.349 e. The van der Waals surface area contributed by atoms with Gasteiger partial charge in [0.05, 0.1) is 12.2 Å². The maximum absolute atomic E-state index is 11.9. The van der Waals surface area contributed by atoms with Crippen molar-refractivity contribution in [3.63, 3.8) is 0 Å². The monoisotopic (exact) mass is 279 g/mol. The van der Waals surface area contributed by atoms with Gasteiger partial charge < -0.3 is 4.57 Å². The predicted molar refractivity (Wildman–Crippen MR) is 75.7 cm³/mol. The van der Waals surface area contributed by atoms with Crippen LogP contribution >= 0.6 is 11.6 Å². The van der Waals surface area contributed by atoms with Gasteiger partial charge in [-0.2, -0.15) is 5.10 Å². The maximum Gasteiger partial charge on any atom is 0.166 e. The van der Waals surface area contributed by atoms with Crippen molar-refractivity contribution in [1.82, 2.24) is 14.3 Å². The standard InChI is InChI=1S/C14H18ClN3O/c1-9(2)13(19)11-5-6-18(7-11)8-12-10(3)16-17(4)14(12)15/h5-7,9H,8H2,1-4H3. The Morgan fingerprint density at radius 1 is 1.47 bits per heavy atom. The minimum atomic E-state index is 0.0135. The van der Waals surface area contributed by atoms with Crippen molar-refractivity contribution in [2.24, 2.45) is 13.0 Å². The van der Waals surface area contributed by atoms with Gasteiger partial charge in [-0.05, 0) is 13.0 Å². The molecule has 0 N–H and O–H groups in total. The van der Waals surface area contributed by atoms with Gasteiger partial charge in [-0.25, -0.2) is 0 Å². The number of carbonyl (C=O) groups is 1. The lowest BCUT2D eigenvalue weighted by Gasteiger charge is -2.03. The second kappa shape index (κ2) is 5.21. The molecule has 2 aromatic rings. The number of ketones is 1. The average Bonchev–Trinajstić information content (AvgIpc) is 2.90. The van der Waals surface area contributed by atoms with Crippen LogP contribution in [0.25, 0.3) is 0 Å². The van der Waals surface area contributed by atoms with E-state index in [2.05, 4.69) is 5.10 Å². The number of aryl methyl sites for hydroxylation is 2. The second-order valence-corrected chi connectivity index (χ2v) is 5.43. The number of halogens is 1. The molecule has 2 heterocycles. The van der Waals surface area contributed by atoms with Gasteiger partial charge >= 0.3 is 0 Å². The number of carbonyl (C=O) groups excluding carboxylic acids is 1. The molecule has 5 heteroatoms. The first-order valence-corrected chi connectivity index (χ1v) is 6.66. The highest BCUT2D eigenvalue weighted by molar-refractivity contribution is 6.30. The molecular formula is C14H18ClN3O. The first-order valence-electron chi connectivity index (χ1n) is 6.28. The molecule has 19 heavy (non-hydrogen) atoms. The van der Waals surface area contributed by atoms with Crippen LogP contribution in [0.3, 0.4) is 0 Å². The minimum absolute atomic E-state index is 0.0135. The molecule has 0 aliphatic heterocycles. The Labute approximate surface area is 118 Å². The maximum atomic E-state index is 11.9. The van der Waals surface area contributed by atoms with E-state index in [-0.39, 0.29) is 11.7 Å². The van der Waals surface area contributed by atoms with Crippen molar-refractivity contribution in [3.8, 4) is 0 Å². The van der Waals surface area contributed by atoms with Crippen molar-refractivity contribution in [2.45, 2.75) is 27.3 Å². The molecule has 0 aromatic carbocycles. The molecule has 0 radical (unpaired) electrons. The van der Waals surface area contributed by atoms with Crippen molar-refractivity contribution >= 4 is 17.4 Å². The zero-order chi connectivity index (χ0) is 14.2.